The SMILES string of the molecule is O=C(O)N1CCNCCC1Cc1ccccc1. The van der Waals surface area contributed by atoms with Crippen LogP contribution in [0.2, 0.25) is 0 Å². The van der Waals surface area contributed by atoms with Gasteiger partial charge in [0.2, 0.25) is 0 Å². The van der Waals surface area contributed by atoms with Crippen molar-refractivity contribution in [3.63, 3.8) is 0 Å². The molecule has 0 aliphatic carbocycles. The van der Waals surface area contributed by atoms with Gasteiger partial charge in [-0.15, -0.1) is 0 Å². The number of nitrogens with zero attached hydrogens (tertiary/aromatic N) is 1. The van der Waals surface area contributed by atoms with Crippen molar-refractivity contribution in [3.05, 3.63) is 35.9 Å². The van der Waals surface area contributed by atoms with E-state index in [1.54, 1.807) is 4.90 Å². The summed E-state index contributed by atoms with van der Waals surface area (Å²) < 4.78 is 0. The summed E-state index contributed by atoms with van der Waals surface area (Å²) in [6.07, 6.45) is 0.866. The largest absolute Gasteiger partial charge is 0.465 e. The molecule has 1 heterocycles. The lowest BCUT2D eigenvalue weighted by atomic mass is 10.0. The highest BCUT2D eigenvalue weighted by atomic mass is 16.4. The fourth-order valence-corrected chi connectivity index (χ4v) is 2.28. The first kappa shape index (κ1) is 11.9. The summed E-state index contributed by atoms with van der Waals surface area (Å²) >= 11 is 0. The molecule has 0 bridgehead atoms. The predicted molar refractivity (Wildman–Crippen MR) is 66.2 cm³/mol. The van der Waals surface area contributed by atoms with Crippen molar-refractivity contribution in [1.82, 2.24) is 10.2 Å². The first-order valence-electron chi connectivity index (χ1n) is 6.01. The summed E-state index contributed by atoms with van der Waals surface area (Å²) in [5.74, 6) is 0. The Morgan fingerprint density at radius 3 is 2.82 bits per heavy atom. The van der Waals surface area contributed by atoms with Crippen LogP contribution in [0.4, 0.5) is 4.79 Å². The van der Waals surface area contributed by atoms with Gasteiger partial charge in [0.05, 0.1) is 0 Å². The molecule has 1 saturated heterocycles. The van der Waals surface area contributed by atoms with Gasteiger partial charge in [-0.05, 0) is 24.9 Å². The lowest BCUT2D eigenvalue weighted by molar-refractivity contribution is 0.127. The van der Waals surface area contributed by atoms with E-state index in [1.165, 1.54) is 5.56 Å². The minimum Gasteiger partial charge on any atom is -0.465 e. The second-order valence-electron chi connectivity index (χ2n) is 4.36. The third-order valence-electron chi connectivity index (χ3n) is 3.18. The number of carbonyl (C=O) groups is 1. The van der Waals surface area contributed by atoms with Crippen molar-refractivity contribution in [1.29, 1.82) is 0 Å². The van der Waals surface area contributed by atoms with Gasteiger partial charge in [-0.25, -0.2) is 4.79 Å². The Kier molecular flexibility index (Phi) is 3.98. The molecule has 2 rings (SSSR count). The lowest BCUT2D eigenvalue weighted by Crippen LogP contribution is -2.41. The molecule has 0 radical (unpaired) electrons. The zero-order valence-electron chi connectivity index (χ0n) is 9.80. The van der Waals surface area contributed by atoms with E-state index in [-0.39, 0.29) is 6.04 Å². The molecule has 0 saturated carbocycles. The highest BCUT2D eigenvalue weighted by molar-refractivity contribution is 5.65. The number of amides is 1. The molecule has 1 aromatic carbocycles. The number of rotatable bonds is 2. The van der Waals surface area contributed by atoms with E-state index >= 15 is 0 Å². The average molecular weight is 234 g/mol. The third kappa shape index (κ3) is 3.20. The number of nitrogens with one attached hydrogen (secondary N) is 1. The molecule has 0 aromatic heterocycles. The summed E-state index contributed by atoms with van der Waals surface area (Å²) in [6, 6.07) is 10.2. The van der Waals surface area contributed by atoms with E-state index in [9.17, 15) is 9.90 Å². The maximum absolute atomic E-state index is 11.2. The standard InChI is InChI=1S/C13H18N2O2/c16-13(17)15-9-8-14-7-6-12(15)10-11-4-2-1-3-5-11/h1-5,12,14H,6-10H2,(H,16,17). The van der Waals surface area contributed by atoms with Crippen LogP contribution in [-0.4, -0.2) is 41.8 Å². The molecule has 1 amide bonds. The van der Waals surface area contributed by atoms with Crippen molar-refractivity contribution in [3.8, 4) is 0 Å². The topological polar surface area (TPSA) is 52.6 Å². The smallest absolute Gasteiger partial charge is 0.407 e. The highest BCUT2D eigenvalue weighted by Crippen LogP contribution is 2.13. The second-order valence-corrected chi connectivity index (χ2v) is 4.36. The molecule has 1 aliphatic heterocycles. The van der Waals surface area contributed by atoms with E-state index in [0.717, 1.165) is 25.9 Å². The van der Waals surface area contributed by atoms with E-state index in [2.05, 4.69) is 17.4 Å². The molecule has 1 aliphatic rings. The van der Waals surface area contributed by atoms with Gasteiger partial charge in [0.15, 0.2) is 0 Å². The molecule has 0 spiro atoms. The summed E-state index contributed by atoms with van der Waals surface area (Å²) in [4.78, 5) is 12.8. The fourth-order valence-electron chi connectivity index (χ4n) is 2.28. The average Bonchev–Trinajstić information content (AvgIpc) is 2.56. The van der Waals surface area contributed by atoms with Gasteiger partial charge in [-0.1, -0.05) is 30.3 Å². The van der Waals surface area contributed by atoms with Crippen molar-refractivity contribution in [2.45, 2.75) is 18.9 Å². The molecular formula is C13H18N2O2. The molecule has 1 fully saturated rings. The van der Waals surface area contributed by atoms with Crippen LogP contribution in [0.3, 0.4) is 0 Å². The number of carboxylic acid groups (broad SMARTS) is 1. The van der Waals surface area contributed by atoms with Crippen LogP contribution < -0.4 is 5.32 Å². The molecule has 1 unspecified atom stereocenters. The van der Waals surface area contributed by atoms with Crippen molar-refractivity contribution < 1.29 is 9.90 Å². The van der Waals surface area contributed by atoms with Crippen molar-refractivity contribution in [2.75, 3.05) is 19.6 Å². The lowest BCUT2D eigenvalue weighted by Gasteiger charge is -2.27. The maximum Gasteiger partial charge on any atom is 0.407 e. The molecule has 92 valence electrons. The van der Waals surface area contributed by atoms with Gasteiger partial charge in [0, 0.05) is 19.1 Å². The molecule has 4 heteroatoms. The fraction of sp³-hybridized carbons (Fsp3) is 0.462. The Labute approximate surface area is 101 Å². The monoisotopic (exact) mass is 234 g/mol. The minimum absolute atomic E-state index is 0.0879. The van der Waals surface area contributed by atoms with Crippen LogP contribution in [0.25, 0.3) is 0 Å². The van der Waals surface area contributed by atoms with Gasteiger partial charge < -0.3 is 15.3 Å². The Hall–Kier alpha value is -1.55. The minimum atomic E-state index is -0.811. The van der Waals surface area contributed by atoms with Crippen molar-refractivity contribution in [2.24, 2.45) is 0 Å². The van der Waals surface area contributed by atoms with Crippen LogP contribution >= 0.6 is 0 Å². The van der Waals surface area contributed by atoms with Gasteiger partial charge in [0.1, 0.15) is 0 Å². The quantitative estimate of drug-likeness (QED) is 0.816. The molecule has 4 nitrogen and oxygen atoms in total. The van der Waals surface area contributed by atoms with E-state index in [0.29, 0.717) is 6.54 Å². The Morgan fingerprint density at radius 1 is 1.35 bits per heavy atom. The molecule has 17 heavy (non-hydrogen) atoms. The summed E-state index contributed by atoms with van der Waals surface area (Å²) in [7, 11) is 0. The van der Waals surface area contributed by atoms with Crippen LogP contribution in [-0.2, 0) is 6.42 Å². The summed E-state index contributed by atoms with van der Waals surface area (Å²) in [5.41, 5.74) is 1.20. The maximum atomic E-state index is 11.2. The van der Waals surface area contributed by atoms with Gasteiger partial charge in [-0.2, -0.15) is 0 Å². The number of benzene rings is 1. The number of hydrogen-bond donors (Lipinski definition) is 2. The van der Waals surface area contributed by atoms with Crippen LogP contribution in [0, 0.1) is 0 Å². The zero-order chi connectivity index (χ0) is 12.1. The highest BCUT2D eigenvalue weighted by Gasteiger charge is 2.24. The van der Waals surface area contributed by atoms with E-state index in [4.69, 9.17) is 0 Å². The van der Waals surface area contributed by atoms with Gasteiger partial charge in [0.25, 0.3) is 0 Å². The second kappa shape index (κ2) is 5.68. The normalized spacial score (nSPS) is 20.9. The zero-order valence-corrected chi connectivity index (χ0v) is 9.80. The van der Waals surface area contributed by atoms with E-state index < -0.39 is 6.09 Å². The molecular weight excluding hydrogens is 216 g/mol. The Bertz CT molecular complexity index is 367. The Balaban J connectivity index is 2.07. The van der Waals surface area contributed by atoms with Crippen molar-refractivity contribution >= 4 is 6.09 Å². The first-order chi connectivity index (χ1) is 8.27. The Morgan fingerprint density at radius 2 is 2.12 bits per heavy atom. The molecule has 1 aromatic rings. The van der Waals surface area contributed by atoms with Crippen LogP contribution in [0.1, 0.15) is 12.0 Å². The third-order valence-corrected chi connectivity index (χ3v) is 3.18. The van der Waals surface area contributed by atoms with E-state index in [1.807, 2.05) is 18.2 Å². The first-order valence-corrected chi connectivity index (χ1v) is 6.01. The van der Waals surface area contributed by atoms with Crippen LogP contribution in [0.5, 0.6) is 0 Å². The van der Waals surface area contributed by atoms with Crippen LogP contribution in [0.15, 0.2) is 30.3 Å². The molecule has 2 N–H and O–H groups in total. The number of hydrogen-bond acceptors (Lipinski definition) is 2. The predicted octanol–water partition coefficient (Wildman–Crippen LogP) is 1.57. The molecule has 1 atom stereocenters. The van der Waals surface area contributed by atoms with Gasteiger partial charge in [-0.3, -0.25) is 0 Å². The summed E-state index contributed by atoms with van der Waals surface area (Å²) in [5, 5.41) is 12.5. The summed E-state index contributed by atoms with van der Waals surface area (Å²) in [6.45, 7) is 2.21. The van der Waals surface area contributed by atoms with Gasteiger partial charge >= 0.3 is 6.09 Å².